The smallest absolute Gasteiger partial charge is 0.419 e. The number of hydrogen-bond acceptors (Lipinski definition) is 8. The Kier molecular flexibility index (Phi) is 9.95. The third-order valence-electron chi connectivity index (χ3n) is 5.85. The van der Waals surface area contributed by atoms with Crippen molar-refractivity contribution in [2.24, 2.45) is 5.73 Å². The van der Waals surface area contributed by atoms with Gasteiger partial charge in [0.05, 0.1) is 19.2 Å². The minimum atomic E-state index is -0.947. The van der Waals surface area contributed by atoms with Crippen LogP contribution in [0.4, 0.5) is 4.79 Å². The molecule has 0 radical (unpaired) electrons. The molecular formula is C29H37N3O7. The fourth-order valence-electron chi connectivity index (χ4n) is 3.93. The van der Waals surface area contributed by atoms with Gasteiger partial charge >= 0.3 is 12.1 Å². The van der Waals surface area contributed by atoms with Gasteiger partial charge in [0.1, 0.15) is 29.7 Å². The predicted molar refractivity (Wildman–Crippen MR) is 147 cm³/mol. The number of esters is 1. The van der Waals surface area contributed by atoms with Gasteiger partial charge in [0, 0.05) is 43.1 Å². The van der Waals surface area contributed by atoms with Crippen LogP contribution < -0.4 is 20.5 Å². The first-order chi connectivity index (χ1) is 18.5. The molecule has 210 valence electrons. The number of carbonyl (C=O) groups excluding carboxylic acids is 3. The number of nitrogens with one attached hydrogen (secondary N) is 1. The van der Waals surface area contributed by atoms with Crippen LogP contribution in [0.15, 0.2) is 48.7 Å². The molecule has 3 rings (SSSR count). The van der Waals surface area contributed by atoms with Crippen molar-refractivity contribution < 1.29 is 33.3 Å². The Morgan fingerprint density at radius 3 is 2.51 bits per heavy atom. The first kappa shape index (κ1) is 29.5. The van der Waals surface area contributed by atoms with E-state index < -0.39 is 23.7 Å². The van der Waals surface area contributed by atoms with Crippen LogP contribution >= 0.6 is 0 Å². The van der Waals surface area contributed by atoms with Crippen molar-refractivity contribution >= 4 is 28.9 Å². The number of hydrogen-bond donors (Lipinski definition) is 2. The van der Waals surface area contributed by atoms with Crippen LogP contribution in [0, 0.1) is 0 Å². The molecule has 1 heterocycles. The Bertz CT molecular complexity index is 1310. The molecule has 1 amide bonds. The van der Waals surface area contributed by atoms with Gasteiger partial charge in [-0.25, -0.2) is 4.79 Å². The molecule has 0 saturated carbocycles. The van der Waals surface area contributed by atoms with Crippen LogP contribution in [-0.2, 0) is 32.1 Å². The standard InChI is InChI=1S/C29H37N3O7/c1-29(2,3)39-28(35)32-17-20(22-9-6-7-10-24(22)32)15-23(30)27(34)38-18-19-12-13-21(16-25(19)36-5)37-14-8-11-26(33)31-4/h6-7,9-10,12-13,16-17,23H,8,11,14-15,18,30H2,1-5H3,(H,31,33)/t23-/m0/s1. The lowest BCUT2D eigenvalue weighted by atomic mass is 10.1. The summed E-state index contributed by atoms with van der Waals surface area (Å²) in [5.41, 5.74) is 7.61. The highest BCUT2D eigenvalue weighted by Crippen LogP contribution is 2.27. The largest absolute Gasteiger partial charge is 0.496 e. The summed E-state index contributed by atoms with van der Waals surface area (Å²) in [6, 6.07) is 11.6. The van der Waals surface area contributed by atoms with E-state index in [0.29, 0.717) is 42.0 Å². The molecule has 0 aliphatic carbocycles. The summed E-state index contributed by atoms with van der Waals surface area (Å²) in [4.78, 5) is 36.8. The van der Waals surface area contributed by atoms with Crippen molar-refractivity contribution in [1.82, 2.24) is 9.88 Å². The second-order valence-corrected chi connectivity index (χ2v) is 10.0. The summed E-state index contributed by atoms with van der Waals surface area (Å²) in [6.45, 7) is 5.74. The maximum atomic E-state index is 12.8. The van der Waals surface area contributed by atoms with E-state index in [0.717, 1.165) is 10.9 Å². The van der Waals surface area contributed by atoms with Gasteiger partial charge in [-0.3, -0.25) is 14.2 Å². The fraction of sp³-hybridized carbons (Fsp3) is 0.414. The molecule has 1 atom stereocenters. The minimum absolute atomic E-state index is 0.0354. The molecule has 10 heteroatoms. The SMILES string of the molecule is CNC(=O)CCCOc1ccc(COC(=O)[C@@H](N)Cc2cn(C(=O)OC(C)(C)C)c3ccccc23)c(OC)c1. The molecule has 0 unspecified atom stereocenters. The highest BCUT2D eigenvalue weighted by atomic mass is 16.6. The van der Waals surface area contributed by atoms with E-state index in [-0.39, 0.29) is 18.9 Å². The van der Waals surface area contributed by atoms with Gasteiger partial charge in [0.25, 0.3) is 0 Å². The zero-order chi connectivity index (χ0) is 28.6. The van der Waals surface area contributed by atoms with Crippen molar-refractivity contribution in [3.05, 3.63) is 59.8 Å². The molecule has 0 spiro atoms. The van der Waals surface area contributed by atoms with E-state index in [4.69, 9.17) is 24.7 Å². The number of ether oxygens (including phenoxy) is 4. The number of methoxy groups -OCH3 is 1. The summed E-state index contributed by atoms with van der Waals surface area (Å²) >= 11 is 0. The van der Waals surface area contributed by atoms with Gasteiger partial charge in [0.15, 0.2) is 0 Å². The maximum Gasteiger partial charge on any atom is 0.419 e. The Balaban J connectivity index is 1.62. The van der Waals surface area contributed by atoms with Crippen LogP contribution in [0.5, 0.6) is 11.5 Å². The topological polar surface area (TPSA) is 131 Å². The quantitative estimate of drug-likeness (QED) is 0.277. The van der Waals surface area contributed by atoms with E-state index in [2.05, 4.69) is 5.32 Å². The second kappa shape index (κ2) is 13.1. The van der Waals surface area contributed by atoms with Gasteiger partial charge in [-0.05, 0) is 51.0 Å². The molecule has 2 aromatic carbocycles. The number of para-hydroxylation sites is 1. The number of aromatic nitrogens is 1. The van der Waals surface area contributed by atoms with E-state index in [1.807, 2.05) is 24.3 Å². The highest BCUT2D eigenvalue weighted by molar-refractivity contribution is 5.92. The van der Waals surface area contributed by atoms with E-state index in [1.165, 1.54) is 11.7 Å². The highest BCUT2D eigenvalue weighted by Gasteiger charge is 2.23. The van der Waals surface area contributed by atoms with Crippen LogP contribution in [-0.4, -0.2) is 54.9 Å². The average Bonchev–Trinajstić information content (AvgIpc) is 3.27. The van der Waals surface area contributed by atoms with Crippen molar-refractivity contribution in [2.45, 2.75) is 58.3 Å². The fourth-order valence-corrected chi connectivity index (χ4v) is 3.93. The molecule has 1 aromatic heterocycles. The third-order valence-corrected chi connectivity index (χ3v) is 5.85. The molecule has 3 aromatic rings. The van der Waals surface area contributed by atoms with Crippen LogP contribution in [0.1, 0.15) is 44.7 Å². The van der Waals surface area contributed by atoms with Gasteiger partial charge < -0.3 is 30.0 Å². The molecule has 0 aliphatic rings. The molecule has 39 heavy (non-hydrogen) atoms. The number of carbonyl (C=O) groups is 3. The lowest BCUT2D eigenvalue weighted by molar-refractivity contribution is -0.146. The van der Waals surface area contributed by atoms with Crippen molar-refractivity contribution in [3.8, 4) is 11.5 Å². The van der Waals surface area contributed by atoms with Gasteiger partial charge in [-0.1, -0.05) is 18.2 Å². The Morgan fingerprint density at radius 2 is 1.82 bits per heavy atom. The zero-order valence-electron chi connectivity index (χ0n) is 23.1. The van der Waals surface area contributed by atoms with Crippen molar-refractivity contribution in [2.75, 3.05) is 20.8 Å². The summed E-state index contributed by atoms with van der Waals surface area (Å²) in [5, 5.41) is 3.37. The molecule has 10 nitrogen and oxygen atoms in total. The number of nitrogens with zero attached hydrogens (tertiary/aromatic N) is 1. The summed E-state index contributed by atoms with van der Waals surface area (Å²) < 4.78 is 23.6. The van der Waals surface area contributed by atoms with Crippen LogP contribution in [0.2, 0.25) is 0 Å². The Morgan fingerprint density at radius 1 is 1.08 bits per heavy atom. The number of benzene rings is 2. The molecule has 0 fully saturated rings. The molecule has 0 aliphatic heterocycles. The number of nitrogens with two attached hydrogens (primary N) is 1. The first-order valence-corrected chi connectivity index (χ1v) is 12.8. The van der Waals surface area contributed by atoms with Crippen molar-refractivity contribution in [1.29, 1.82) is 0 Å². The van der Waals surface area contributed by atoms with Crippen LogP contribution in [0.3, 0.4) is 0 Å². The van der Waals surface area contributed by atoms with E-state index in [1.54, 1.807) is 52.2 Å². The molecule has 3 N–H and O–H groups in total. The monoisotopic (exact) mass is 539 g/mol. The minimum Gasteiger partial charge on any atom is -0.496 e. The molecule has 0 saturated heterocycles. The van der Waals surface area contributed by atoms with E-state index in [9.17, 15) is 14.4 Å². The average molecular weight is 540 g/mol. The van der Waals surface area contributed by atoms with E-state index >= 15 is 0 Å². The number of amides is 1. The lowest BCUT2D eigenvalue weighted by Gasteiger charge is -2.19. The molecular weight excluding hydrogens is 502 g/mol. The maximum absolute atomic E-state index is 12.8. The van der Waals surface area contributed by atoms with Gasteiger partial charge in [-0.15, -0.1) is 0 Å². The number of fused-ring (bicyclic) bond motifs is 1. The second-order valence-electron chi connectivity index (χ2n) is 10.0. The number of rotatable bonds is 11. The van der Waals surface area contributed by atoms with Crippen molar-refractivity contribution in [3.63, 3.8) is 0 Å². The summed E-state index contributed by atoms with van der Waals surface area (Å²) in [5.74, 6) is 0.457. The predicted octanol–water partition coefficient (Wildman–Crippen LogP) is 3.95. The normalized spacial score (nSPS) is 12.1. The zero-order valence-corrected chi connectivity index (χ0v) is 23.1. The Labute approximate surface area is 228 Å². The van der Waals surface area contributed by atoms with Crippen LogP contribution in [0.25, 0.3) is 10.9 Å². The summed E-state index contributed by atoms with van der Waals surface area (Å²) in [6.07, 6.45) is 2.28. The van der Waals surface area contributed by atoms with Gasteiger partial charge in [0.2, 0.25) is 5.91 Å². The molecule has 0 bridgehead atoms. The first-order valence-electron chi connectivity index (χ1n) is 12.8. The van der Waals surface area contributed by atoms with Gasteiger partial charge in [-0.2, -0.15) is 0 Å². The lowest BCUT2D eigenvalue weighted by Crippen LogP contribution is -2.34. The summed E-state index contributed by atoms with van der Waals surface area (Å²) in [7, 11) is 3.11. The third kappa shape index (κ3) is 8.22. The Hall–Kier alpha value is -4.05.